The lowest BCUT2D eigenvalue weighted by molar-refractivity contribution is -0.159. The molecular formula is C26H47N2O4PS2. The molecule has 2 aliphatic heterocycles. The second-order valence-electron chi connectivity index (χ2n) is 12.8. The molecule has 35 heavy (non-hydrogen) atoms. The van der Waals surface area contributed by atoms with E-state index < -0.39 is 0 Å². The number of carbonyl (C=O) groups is 2. The van der Waals surface area contributed by atoms with Crippen molar-refractivity contribution in [2.24, 2.45) is 5.92 Å². The van der Waals surface area contributed by atoms with Crippen molar-refractivity contribution in [2.45, 2.75) is 129 Å². The summed E-state index contributed by atoms with van der Waals surface area (Å²) in [7, 11) is 6.19. The van der Waals surface area contributed by atoms with Gasteiger partial charge in [0.2, 0.25) is 0 Å². The number of piperidine rings is 2. The van der Waals surface area contributed by atoms with Crippen LogP contribution in [0.4, 0.5) is 0 Å². The maximum Gasteiger partial charge on any atom is 0.333 e. The average Bonchev–Trinajstić information content (AvgIpc) is 2.66. The molecule has 2 fully saturated rings. The summed E-state index contributed by atoms with van der Waals surface area (Å²) < 4.78 is 16.6. The highest BCUT2D eigenvalue weighted by Gasteiger charge is 2.51. The summed E-state index contributed by atoms with van der Waals surface area (Å²) >= 11 is 0. The number of nitrogens with zero attached hydrogens (tertiary/aromatic N) is 2. The van der Waals surface area contributed by atoms with Crippen LogP contribution in [0.15, 0.2) is 12.2 Å². The summed E-state index contributed by atoms with van der Waals surface area (Å²) in [5.41, 5.74) is -0.211. The van der Waals surface area contributed by atoms with Crippen LogP contribution < -0.4 is 0 Å². The molecule has 0 saturated carbocycles. The van der Waals surface area contributed by atoms with E-state index in [4.69, 9.17) is 9.47 Å². The first-order valence-corrected chi connectivity index (χ1v) is 15.4. The van der Waals surface area contributed by atoms with Crippen LogP contribution in [0.1, 0.15) is 94.9 Å². The predicted octanol–water partition coefficient (Wildman–Crippen LogP) is 6.41. The zero-order valence-electron chi connectivity index (χ0n) is 23.4. The number of ether oxygens (including phenoxy) is 2. The Labute approximate surface area is 223 Å². The molecule has 2 aliphatic rings. The van der Waals surface area contributed by atoms with Gasteiger partial charge in [-0.05, 0) is 68.5 Å². The van der Waals surface area contributed by atoms with E-state index in [1.54, 1.807) is 28.9 Å². The molecule has 0 amide bonds. The van der Waals surface area contributed by atoms with Gasteiger partial charge < -0.3 is 9.47 Å². The van der Waals surface area contributed by atoms with Crippen molar-refractivity contribution in [2.75, 3.05) is 6.16 Å². The summed E-state index contributed by atoms with van der Waals surface area (Å²) in [4.78, 5) is 24.6. The molecule has 2 rings (SSSR count). The smallest absolute Gasteiger partial charge is 0.333 e. The standard InChI is InChI=1S/C26H47N2O4PS2/c1-17(2)21(29)31-19-12-23(4,5)27(24(6,7)13-19)34-35-28-25(8,9)14-20(15-26(28,10)11)32-22(30)18(3)16-33/h18-20H,1,12-16,33H2,2-11H3. The Morgan fingerprint density at radius 2 is 1.20 bits per heavy atom. The minimum absolute atomic E-state index is 0.0834. The van der Waals surface area contributed by atoms with Crippen LogP contribution >= 0.6 is 31.2 Å². The summed E-state index contributed by atoms with van der Waals surface area (Å²) in [5.74, 6) is -0.515. The molecule has 0 radical (unpaired) electrons. The van der Waals surface area contributed by atoms with Crippen LogP contribution in [-0.2, 0) is 19.1 Å². The second kappa shape index (κ2) is 11.2. The molecule has 9 heteroatoms. The molecule has 202 valence electrons. The van der Waals surface area contributed by atoms with Crippen molar-refractivity contribution in [1.29, 1.82) is 0 Å². The van der Waals surface area contributed by atoms with E-state index in [-0.39, 0.29) is 52.2 Å². The predicted molar refractivity (Wildman–Crippen MR) is 152 cm³/mol. The van der Waals surface area contributed by atoms with E-state index in [0.29, 0.717) is 11.7 Å². The van der Waals surface area contributed by atoms with Gasteiger partial charge in [-0.2, -0.15) is 0 Å². The van der Waals surface area contributed by atoms with Gasteiger partial charge >= 0.3 is 11.9 Å². The highest BCUT2D eigenvalue weighted by Crippen LogP contribution is 2.53. The van der Waals surface area contributed by atoms with Crippen molar-refractivity contribution in [3.05, 3.63) is 12.2 Å². The van der Waals surface area contributed by atoms with Gasteiger partial charge in [-0.15, -0.1) is 9.24 Å². The number of rotatable bonds is 8. The van der Waals surface area contributed by atoms with Gasteiger partial charge in [0.05, 0.1) is 5.92 Å². The molecule has 2 unspecified atom stereocenters. The minimum Gasteiger partial charge on any atom is -0.462 e. The molecule has 0 aromatic heterocycles. The monoisotopic (exact) mass is 546 g/mol. The second-order valence-corrected chi connectivity index (χ2v) is 15.2. The Morgan fingerprint density at radius 3 is 1.51 bits per heavy atom. The van der Waals surface area contributed by atoms with Crippen molar-refractivity contribution in [3.8, 4) is 0 Å². The molecule has 6 nitrogen and oxygen atoms in total. The van der Waals surface area contributed by atoms with Crippen LogP contribution in [-0.4, -0.2) is 61.1 Å². The van der Waals surface area contributed by atoms with Gasteiger partial charge in [0.25, 0.3) is 0 Å². The summed E-state index contributed by atoms with van der Waals surface area (Å²) in [6.45, 7) is 25.2. The normalized spacial score (nSPS) is 25.6. The summed E-state index contributed by atoms with van der Waals surface area (Å²) in [5, 5.41) is 0. The third kappa shape index (κ3) is 7.63. The Kier molecular flexibility index (Phi) is 9.93. The molecule has 2 atom stereocenters. The zero-order chi connectivity index (χ0) is 27.0. The SMILES string of the molecule is C=C(C)C(=O)OC1CC(C)(C)N(SSN2C(C)(C)CC(OC(=O)C(C)CP)CC2(C)C)C(C)(C)C1. The first-order chi connectivity index (χ1) is 15.8. The maximum atomic E-state index is 12.5. The van der Waals surface area contributed by atoms with E-state index in [1.165, 1.54) is 0 Å². The summed E-state index contributed by atoms with van der Waals surface area (Å²) in [6, 6.07) is 0. The fourth-order valence-corrected chi connectivity index (χ4v) is 9.86. The fraction of sp³-hybridized carbons (Fsp3) is 0.846. The third-order valence-corrected chi connectivity index (χ3v) is 11.1. The number of hydrogen-bond acceptors (Lipinski definition) is 8. The Bertz CT molecular complexity index is 779. The van der Waals surface area contributed by atoms with E-state index in [1.807, 2.05) is 6.92 Å². The van der Waals surface area contributed by atoms with Crippen LogP contribution in [0.25, 0.3) is 0 Å². The van der Waals surface area contributed by atoms with E-state index in [9.17, 15) is 9.59 Å². The molecular weight excluding hydrogens is 499 g/mol. The van der Waals surface area contributed by atoms with Gasteiger partial charge in [0.15, 0.2) is 0 Å². The molecule has 0 aliphatic carbocycles. The molecule has 2 saturated heterocycles. The highest BCUT2D eigenvalue weighted by molar-refractivity contribution is 8.74. The molecule has 0 bridgehead atoms. The summed E-state index contributed by atoms with van der Waals surface area (Å²) in [6.07, 6.45) is 3.62. The number of esters is 2. The largest absolute Gasteiger partial charge is 0.462 e. The van der Waals surface area contributed by atoms with Gasteiger partial charge in [0.1, 0.15) is 12.2 Å². The van der Waals surface area contributed by atoms with Crippen molar-refractivity contribution < 1.29 is 19.1 Å². The Balaban J connectivity index is 2.12. The lowest BCUT2D eigenvalue weighted by Gasteiger charge is -2.56. The highest BCUT2D eigenvalue weighted by atomic mass is 33.1. The van der Waals surface area contributed by atoms with Crippen molar-refractivity contribution in [3.63, 3.8) is 0 Å². The van der Waals surface area contributed by atoms with Gasteiger partial charge in [-0.1, -0.05) is 13.5 Å². The topological polar surface area (TPSA) is 59.1 Å². The molecule has 0 aromatic rings. The molecule has 2 heterocycles. The lowest BCUT2D eigenvalue weighted by atomic mass is 9.81. The van der Waals surface area contributed by atoms with Crippen LogP contribution in [0, 0.1) is 5.92 Å². The van der Waals surface area contributed by atoms with Gasteiger partial charge in [-0.25, -0.2) is 13.4 Å². The third-order valence-electron chi connectivity index (χ3n) is 6.95. The van der Waals surface area contributed by atoms with Crippen LogP contribution in [0.5, 0.6) is 0 Å². The van der Waals surface area contributed by atoms with Crippen LogP contribution in [0.3, 0.4) is 0 Å². The first-order valence-electron chi connectivity index (χ1n) is 12.5. The Morgan fingerprint density at radius 1 is 0.857 bits per heavy atom. The van der Waals surface area contributed by atoms with Crippen molar-refractivity contribution in [1.82, 2.24) is 8.61 Å². The molecule has 0 N–H and O–H groups in total. The quantitative estimate of drug-likeness (QED) is 0.114. The van der Waals surface area contributed by atoms with Crippen LogP contribution in [0.2, 0.25) is 0 Å². The average molecular weight is 547 g/mol. The Hall–Kier alpha value is -0.270. The van der Waals surface area contributed by atoms with Gasteiger partial charge in [-0.3, -0.25) is 4.79 Å². The molecule has 0 spiro atoms. The van der Waals surface area contributed by atoms with E-state index in [2.05, 4.69) is 79.8 Å². The maximum absolute atomic E-state index is 12.5. The number of carbonyl (C=O) groups excluding carboxylic acids is 2. The zero-order valence-corrected chi connectivity index (χ0v) is 26.2. The van der Waals surface area contributed by atoms with Crippen molar-refractivity contribution >= 4 is 43.1 Å². The minimum atomic E-state index is -0.309. The number of hydrogen-bond donors (Lipinski definition) is 0. The van der Waals surface area contributed by atoms with E-state index in [0.717, 1.165) is 25.7 Å². The van der Waals surface area contributed by atoms with Gasteiger partial charge in [0, 0.05) is 75.4 Å². The lowest BCUT2D eigenvalue weighted by Crippen LogP contribution is -2.61. The fourth-order valence-electron chi connectivity index (χ4n) is 5.61. The first kappa shape index (κ1) is 31.0. The molecule has 0 aromatic carbocycles. The van der Waals surface area contributed by atoms with E-state index >= 15 is 0 Å².